The molecule has 3 nitrogen and oxygen atoms in total. The lowest BCUT2D eigenvalue weighted by Crippen LogP contribution is -2.47. The second-order valence-corrected chi connectivity index (χ2v) is 13.0. The van der Waals surface area contributed by atoms with Gasteiger partial charge in [-0.3, -0.25) is 4.21 Å². The molecule has 0 heterocycles. The molecule has 0 saturated heterocycles. The number of hydrogen-bond acceptors (Lipinski definition) is 3. The minimum Gasteiger partial charge on any atom is -0.508 e. The molecular formula is C27H37F5O3S. The first-order valence-electron chi connectivity index (χ1n) is 13.0. The molecule has 7 atom stereocenters. The van der Waals surface area contributed by atoms with E-state index in [4.69, 9.17) is 4.74 Å². The summed E-state index contributed by atoms with van der Waals surface area (Å²) in [6, 6.07) is 5.69. The first kappa shape index (κ1) is 27.8. The molecule has 4 rings (SSSR count). The van der Waals surface area contributed by atoms with Gasteiger partial charge in [0.2, 0.25) is 0 Å². The van der Waals surface area contributed by atoms with Gasteiger partial charge in [0.15, 0.2) is 0 Å². The molecule has 2 fully saturated rings. The van der Waals surface area contributed by atoms with Crippen LogP contribution >= 0.6 is 0 Å². The van der Waals surface area contributed by atoms with Crippen LogP contribution in [0.15, 0.2) is 18.2 Å². The first-order valence-corrected chi connectivity index (χ1v) is 14.5. The molecule has 0 radical (unpaired) electrons. The molecule has 1 aromatic rings. The number of methoxy groups -OCH3 is 1. The van der Waals surface area contributed by atoms with Crippen molar-refractivity contribution in [1.29, 1.82) is 0 Å². The Bertz CT molecular complexity index is 952. The third-order valence-electron chi connectivity index (χ3n) is 9.31. The topological polar surface area (TPSA) is 46.5 Å². The van der Waals surface area contributed by atoms with E-state index >= 15 is 0 Å². The van der Waals surface area contributed by atoms with Crippen molar-refractivity contribution in [3.8, 4) is 5.75 Å². The van der Waals surface area contributed by atoms with E-state index in [9.17, 15) is 31.3 Å². The van der Waals surface area contributed by atoms with Crippen LogP contribution in [0.2, 0.25) is 0 Å². The van der Waals surface area contributed by atoms with Gasteiger partial charge >= 0.3 is 12.1 Å². The minimum absolute atomic E-state index is 0.120. The van der Waals surface area contributed by atoms with Gasteiger partial charge in [0, 0.05) is 35.8 Å². The van der Waals surface area contributed by atoms with Crippen molar-refractivity contribution in [2.45, 2.75) is 88.8 Å². The van der Waals surface area contributed by atoms with Crippen LogP contribution in [0.3, 0.4) is 0 Å². The maximum atomic E-state index is 13.1. The van der Waals surface area contributed by atoms with Crippen LogP contribution in [0.4, 0.5) is 22.0 Å². The number of fused-ring (bicyclic) bond motifs is 5. The van der Waals surface area contributed by atoms with Crippen LogP contribution in [-0.4, -0.2) is 46.1 Å². The average Bonchev–Trinajstić information content (AvgIpc) is 3.14. The number of hydrogen-bond donors (Lipinski definition) is 1. The molecule has 1 N–H and O–H groups in total. The van der Waals surface area contributed by atoms with Gasteiger partial charge in [0.1, 0.15) is 5.75 Å². The molecule has 1 aromatic carbocycles. The molecule has 3 aliphatic carbocycles. The second-order valence-electron chi connectivity index (χ2n) is 11.3. The molecule has 204 valence electrons. The summed E-state index contributed by atoms with van der Waals surface area (Å²) in [5, 5.41) is 10.1. The van der Waals surface area contributed by atoms with Crippen LogP contribution in [0.5, 0.6) is 5.75 Å². The Morgan fingerprint density at radius 2 is 1.83 bits per heavy atom. The lowest BCUT2D eigenvalue weighted by molar-refractivity contribution is -0.284. The number of phenols is 1. The normalized spacial score (nSPS) is 33.0. The van der Waals surface area contributed by atoms with Crippen molar-refractivity contribution >= 4 is 10.8 Å². The zero-order valence-electron chi connectivity index (χ0n) is 21.0. The standard InChI is InChI=1S/C27H37F5O3S/c1-25-12-10-21-20-7-6-19(33)16-18(20)15-17(24(21)22(25)8-9-23(25)35-2)5-3-13-36(34)14-4-11-26(28,29)27(30,31)32/h6-7,16-17,21-24,33H,3-5,8-15H2,1-2H3/t17-,21-,22+,23+,24-,25+,36?/m1/s1. The predicted octanol–water partition coefficient (Wildman–Crippen LogP) is 7.00. The number of aromatic hydroxyl groups is 1. The second kappa shape index (κ2) is 10.5. The molecule has 36 heavy (non-hydrogen) atoms. The highest BCUT2D eigenvalue weighted by molar-refractivity contribution is 7.84. The van der Waals surface area contributed by atoms with Crippen LogP contribution in [0.1, 0.15) is 75.3 Å². The van der Waals surface area contributed by atoms with Gasteiger partial charge in [-0.15, -0.1) is 0 Å². The Hall–Kier alpha value is -1.22. The molecule has 0 bridgehead atoms. The highest BCUT2D eigenvalue weighted by Crippen LogP contribution is 2.63. The summed E-state index contributed by atoms with van der Waals surface area (Å²) in [5.41, 5.74) is 2.61. The fraction of sp³-hybridized carbons (Fsp3) is 0.778. The van der Waals surface area contributed by atoms with Gasteiger partial charge in [-0.25, -0.2) is 0 Å². The van der Waals surface area contributed by atoms with Crippen molar-refractivity contribution in [2.24, 2.45) is 23.2 Å². The average molecular weight is 537 g/mol. The molecule has 0 aromatic heterocycles. The number of halogens is 5. The van der Waals surface area contributed by atoms with Crippen molar-refractivity contribution in [3.63, 3.8) is 0 Å². The summed E-state index contributed by atoms with van der Waals surface area (Å²) in [5.74, 6) is -2.59. The highest BCUT2D eigenvalue weighted by Gasteiger charge is 2.57. The summed E-state index contributed by atoms with van der Waals surface area (Å²) in [6.45, 7) is 2.35. The minimum atomic E-state index is -5.56. The van der Waals surface area contributed by atoms with E-state index in [0.29, 0.717) is 35.8 Å². The van der Waals surface area contributed by atoms with E-state index < -0.39 is 35.7 Å². The fourth-order valence-electron chi connectivity index (χ4n) is 7.60. The van der Waals surface area contributed by atoms with Crippen molar-refractivity contribution in [1.82, 2.24) is 0 Å². The number of benzene rings is 1. The third kappa shape index (κ3) is 5.33. The number of phenolic OH excluding ortho intramolecular Hbond substituents is 1. The largest absolute Gasteiger partial charge is 0.508 e. The van der Waals surface area contributed by atoms with E-state index in [1.165, 1.54) is 11.1 Å². The van der Waals surface area contributed by atoms with E-state index in [0.717, 1.165) is 38.5 Å². The summed E-state index contributed by atoms with van der Waals surface area (Å²) < 4.78 is 81.6. The van der Waals surface area contributed by atoms with Gasteiger partial charge in [-0.2, -0.15) is 22.0 Å². The summed E-state index contributed by atoms with van der Waals surface area (Å²) >= 11 is 0. The fourth-order valence-corrected chi connectivity index (χ4v) is 8.76. The monoisotopic (exact) mass is 536 g/mol. The van der Waals surface area contributed by atoms with Crippen LogP contribution in [-0.2, 0) is 22.0 Å². The van der Waals surface area contributed by atoms with Gasteiger partial charge in [0.05, 0.1) is 6.10 Å². The lowest BCUT2D eigenvalue weighted by atomic mass is 9.52. The summed E-state index contributed by atoms with van der Waals surface area (Å²) in [6.07, 6.45) is -0.453. The predicted molar refractivity (Wildman–Crippen MR) is 130 cm³/mol. The van der Waals surface area contributed by atoms with Gasteiger partial charge < -0.3 is 9.84 Å². The molecule has 3 aliphatic rings. The van der Waals surface area contributed by atoms with Crippen LogP contribution in [0, 0.1) is 23.2 Å². The van der Waals surface area contributed by atoms with Crippen LogP contribution in [0.25, 0.3) is 0 Å². The van der Waals surface area contributed by atoms with E-state index in [-0.39, 0.29) is 23.0 Å². The van der Waals surface area contributed by atoms with Gasteiger partial charge in [0.25, 0.3) is 0 Å². The quantitative estimate of drug-likeness (QED) is 0.346. The molecule has 9 heteroatoms. The summed E-state index contributed by atoms with van der Waals surface area (Å²) in [7, 11) is 0.367. The maximum absolute atomic E-state index is 13.1. The van der Waals surface area contributed by atoms with E-state index in [1.54, 1.807) is 13.2 Å². The van der Waals surface area contributed by atoms with Crippen molar-refractivity contribution in [2.75, 3.05) is 18.6 Å². The Balaban J connectivity index is 1.41. The molecule has 2 saturated carbocycles. The summed E-state index contributed by atoms with van der Waals surface area (Å²) in [4.78, 5) is 0. The van der Waals surface area contributed by atoms with Crippen molar-refractivity contribution in [3.05, 3.63) is 29.3 Å². The third-order valence-corrected chi connectivity index (χ3v) is 10.8. The molecule has 0 amide bonds. The lowest BCUT2D eigenvalue weighted by Gasteiger charge is -2.53. The molecule has 1 unspecified atom stereocenters. The molecule has 0 spiro atoms. The Morgan fingerprint density at radius 1 is 1.11 bits per heavy atom. The van der Waals surface area contributed by atoms with Crippen molar-refractivity contribution < 1.29 is 36.0 Å². The Kier molecular flexibility index (Phi) is 8.11. The maximum Gasteiger partial charge on any atom is 0.453 e. The SMILES string of the molecule is CO[C@H]1CC[C@H]2[C@@H]3[C@H](CCCS(=O)CCCC(F)(F)C(F)(F)F)Cc4cc(O)ccc4[C@H]3CC[C@]12C. The highest BCUT2D eigenvalue weighted by atomic mass is 32.2. The Morgan fingerprint density at radius 3 is 2.53 bits per heavy atom. The van der Waals surface area contributed by atoms with E-state index in [1.807, 2.05) is 6.07 Å². The Labute approximate surface area is 212 Å². The number of ether oxygens (including phenoxy) is 1. The van der Waals surface area contributed by atoms with Gasteiger partial charge in [-0.1, -0.05) is 13.0 Å². The smallest absolute Gasteiger partial charge is 0.453 e. The van der Waals surface area contributed by atoms with Crippen LogP contribution < -0.4 is 0 Å². The number of rotatable bonds is 9. The first-order chi connectivity index (χ1) is 16.9. The van der Waals surface area contributed by atoms with E-state index in [2.05, 4.69) is 13.0 Å². The zero-order valence-corrected chi connectivity index (χ0v) is 21.8. The zero-order chi connectivity index (χ0) is 26.3. The number of alkyl halides is 5. The molecule has 0 aliphatic heterocycles. The molecular weight excluding hydrogens is 499 g/mol. The van der Waals surface area contributed by atoms with Gasteiger partial charge in [-0.05, 0) is 104 Å².